The number of fused-ring (bicyclic) bond motifs is 2. The van der Waals surface area contributed by atoms with Crippen LogP contribution in [-0.2, 0) is 12.6 Å². The van der Waals surface area contributed by atoms with Crippen LogP contribution in [0.3, 0.4) is 0 Å². The molecule has 1 unspecified atom stereocenters. The van der Waals surface area contributed by atoms with Gasteiger partial charge < -0.3 is 4.90 Å². The molecule has 3 heteroatoms. The average molecular weight is 281 g/mol. The molecule has 1 aliphatic heterocycles. The van der Waals surface area contributed by atoms with Crippen LogP contribution in [-0.4, -0.2) is 9.78 Å². The molecule has 1 aromatic carbocycles. The van der Waals surface area contributed by atoms with Gasteiger partial charge in [-0.2, -0.15) is 5.10 Å². The maximum Gasteiger partial charge on any atom is 0.0695 e. The first kappa shape index (κ1) is 12.9. The minimum atomic E-state index is 0.176. The summed E-state index contributed by atoms with van der Waals surface area (Å²) in [5.41, 5.74) is 5.81. The molecule has 1 aliphatic carbocycles. The van der Waals surface area contributed by atoms with Crippen LogP contribution in [0.15, 0.2) is 30.5 Å². The van der Waals surface area contributed by atoms with Gasteiger partial charge in [-0.15, -0.1) is 0 Å². The van der Waals surface area contributed by atoms with Crippen molar-refractivity contribution in [3.63, 3.8) is 0 Å². The molecule has 0 amide bonds. The molecule has 1 atom stereocenters. The lowest BCUT2D eigenvalue weighted by Crippen LogP contribution is -2.40. The molecule has 0 bridgehead atoms. The van der Waals surface area contributed by atoms with Crippen molar-refractivity contribution in [2.24, 2.45) is 7.05 Å². The molecule has 0 radical (unpaired) electrons. The van der Waals surface area contributed by atoms with Crippen molar-refractivity contribution in [3.05, 3.63) is 47.3 Å². The molecule has 4 rings (SSSR count). The van der Waals surface area contributed by atoms with E-state index >= 15 is 0 Å². The predicted octanol–water partition coefficient (Wildman–Crippen LogP) is 4.08. The van der Waals surface area contributed by atoms with Crippen molar-refractivity contribution < 1.29 is 0 Å². The smallest absolute Gasteiger partial charge is 0.0695 e. The highest BCUT2D eigenvalue weighted by atomic mass is 15.3. The van der Waals surface area contributed by atoms with Crippen LogP contribution in [0.2, 0.25) is 0 Å². The van der Waals surface area contributed by atoms with Gasteiger partial charge in [-0.1, -0.05) is 31.0 Å². The Labute approximate surface area is 126 Å². The van der Waals surface area contributed by atoms with Crippen molar-refractivity contribution >= 4 is 5.69 Å². The predicted molar refractivity (Wildman–Crippen MR) is 85.4 cm³/mol. The van der Waals surface area contributed by atoms with Gasteiger partial charge in [0.05, 0.1) is 23.5 Å². The number of para-hydroxylation sites is 1. The van der Waals surface area contributed by atoms with Crippen molar-refractivity contribution in [2.45, 2.75) is 51.1 Å². The van der Waals surface area contributed by atoms with E-state index in [0.717, 1.165) is 0 Å². The minimum absolute atomic E-state index is 0.176. The summed E-state index contributed by atoms with van der Waals surface area (Å²) in [5, 5.41) is 4.55. The number of rotatable bonds is 1. The van der Waals surface area contributed by atoms with E-state index < -0.39 is 0 Å². The summed E-state index contributed by atoms with van der Waals surface area (Å²) in [6.07, 6.45) is 7.27. The minimum Gasteiger partial charge on any atom is -0.353 e. The molecule has 3 nitrogen and oxygen atoms in total. The molecule has 110 valence electrons. The molecule has 1 saturated carbocycles. The second-order valence-electron chi connectivity index (χ2n) is 6.64. The van der Waals surface area contributed by atoms with E-state index in [1.165, 1.54) is 48.2 Å². The first-order valence-electron chi connectivity index (χ1n) is 8.02. The number of hydrogen-bond acceptors (Lipinski definition) is 2. The van der Waals surface area contributed by atoms with E-state index in [0.29, 0.717) is 6.04 Å². The molecule has 2 aromatic rings. The normalized spacial score (nSPS) is 23.0. The van der Waals surface area contributed by atoms with Crippen LogP contribution in [0.4, 0.5) is 5.69 Å². The Morgan fingerprint density at radius 1 is 1.19 bits per heavy atom. The molecule has 2 heterocycles. The number of hydrogen-bond donors (Lipinski definition) is 0. The van der Waals surface area contributed by atoms with Crippen molar-refractivity contribution in [1.29, 1.82) is 0 Å². The highest BCUT2D eigenvalue weighted by Crippen LogP contribution is 2.56. The summed E-state index contributed by atoms with van der Waals surface area (Å²) >= 11 is 0. The lowest BCUT2D eigenvalue weighted by molar-refractivity contribution is 0.411. The molecular formula is C18H23N3. The summed E-state index contributed by atoms with van der Waals surface area (Å²) in [7, 11) is 2.08. The third kappa shape index (κ3) is 1.57. The van der Waals surface area contributed by atoms with Gasteiger partial charge in [0.15, 0.2) is 0 Å². The van der Waals surface area contributed by atoms with Gasteiger partial charge in [0.1, 0.15) is 0 Å². The third-order valence-electron chi connectivity index (χ3n) is 5.54. The number of aryl methyl sites for hydroxylation is 2. The van der Waals surface area contributed by atoms with Gasteiger partial charge in [0.2, 0.25) is 0 Å². The van der Waals surface area contributed by atoms with Crippen molar-refractivity contribution in [1.82, 2.24) is 9.78 Å². The Kier molecular flexibility index (Phi) is 2.69. The van der Waals surface area contributed by atoms with Gasteiger partial charge in [0.25, 0.3) is 0 Å². The molecule has 1 aromatic heterocycles. The summed E-state index contributed by atoms with van der Waals surface area (Å²) in [6, 6.07) is 9.21. The second kappa shape index (κ2) is 4.36. The molecule has 1 spiro atoms. The largest absolute Gasteiger partial charge is 0.353 e. The summed E-state index contributed by atoms with van der Waals surface area (Å²) in [4.78, 5) is 2.68. The van der Waals surface area contributed by atoms with Gasteiger partial charge in [-0.25, -0.2) is 0 Å². The van der Waals surface area contributed by atoms with Crippen LogP contribution in [0.1, 0.15) is 55.5 Å². The fourth-order valence-electron chi connectivity index (χ4n) is 4.67. The average Bonchev–Trinajstić information content (AvgIpc) is 3.13. The summed E-state index contributed by atoms with van der Waals surface area (Å²) in [6.45, 7) is 4.56. The molecule has 21 heavy (non-hydrogen) atoms. The number of aromatic nitrogens is 2. The molecule has 0 saturated heterocycles. The number of anilines is 1. The van der Waals surface area contributed by atoms with Crippen LogP contribution < -0.4 is 4.90 Å². The van der Waals surface area contributed by atoms with Crippen LogP contribution in [0, 0.1) is 6.92 Å². The zero-order valence-electron chi connectivity index (χ0n) is 13.1. The SMILES string of the molecule is Cc1ccccc1N1C(C)c2c(cnn2C)C12CCCC2. The molecule has 1 fully saturated rings. The van der Waals surface area contributed by atoms with E-state index in [1.54, 1.807) is 0 Å². The Morgan fingerprint density at radius 2 is 1.90 bits per heavy atom. The molecule has 2 aliphatic rings. The van der Waals surface area contributed by atoms with E-state index in [9.17, 15) is 0 Å². The molecule has 0 N–H and O–H groups in total. The monoisotopic (exact) mass is 281 g/mol. The van der Waals surface area contributed by atoms with Crippen LogP contribution in [0.25, 0.3) is 0 Å². The first-order chi connectivity index (χ1) is 10.1. The standard InChI is InChI=1S/C18H23N3/c1-13-8-4-5-9-16(13)21-14(2)17-15(12-19-20(17)3)18(21)10-6-7-11-18/h4-5,8-9,12,14H,6-7,10-11H2,1-3H3. The van der Waals surface area contributed by atoms with E-state index in [1.807, 2.05) is 0 Å². The van der Waals surface area contributed by atoms with Crippen molar-refractivity contribution in [2.75, 3.05) is 4.90 Å². The third-order valence-corrected chi connectivity index (χ3v) is 5.54. The van der Waals surface area contributed by atoms with E-state index in [-0.39, 0.29) is 5.54 Å². The lowest BCUT2D eigenvalue weighted by Gasteiger charge is -2.41. The maximum absolute atomic E-state index is 4.55. The highest BCUT2D eigenvalue weighted by molar-refractivity contribution is 5.62. The van der Waals surface area contributed by atoms with E-state index in [4.69, 9.17) is 0 Å². The fourth-order valence-corrected chi connectivity index (χ4v) is 4.67. The van der Waals surface area contributed by atoms with E-state index in [2.05, 4.69) is 66.0 Å². The number of benzene rings is 1. The molecular weight excluding hydrogens is 258 g/mol. The Morgan fingerprint density at radius 3 is 2.62 bits per heavy atom. The Bertz CT molecular complexity index is 680. The fraction of sp³-hybridized carbons (Fsp3) is 0.500. The van der Waals surface area contributed by atoms with Crippen molar-refractivity contribution in [3.8, 4) is 0 Å². The van der Waals surface area contributed by atoms with Gasteiger partial charge >= 0.3 is 0 Å². The van der Waals surface area contributed by atoms with Crippen LogP contribution in [0.5, 0.6) is 0 Å². The Hall–Kier alpha value is -1.77. The highest BCUT2D eigenvalue weighted by Gasteiger charge is 2.52. The van der Waals surface area contributed by atoms with Gasteiger partial charge in [-0.3, -0.25) is 4.68 Å². The van der Waals surface area contributed by atoms with Gasteiger partial charge in [-0.05, 0) is 38.3 Å². The number of nitrogens with zero attached hydrogens (tertiary/aromatic N) is 3. The quantitative estimate of drug-likeness (QED) is 0.785. The Balaban J connectivity index is 1.93. The lowest BCUT2D eigenvalue weighted by atomic mass is 9.90. The summed E-state index contributed by atoms with van der Waals surface area (Å²) < 4.78 is 2.08. The zero-order valence-corrected chi connectivity index (χ0v) is 13.1. The summed E-state index contributed by atoms with van der Waals surface area (Å²) in [5.74, 6) is 0. The topological polar surface area (TPSA) is 21.1 Å². The van der Waals surface area contributed by atoms with Gasteiger partial charge in [0, 0.05) is 18.3 Å². The zero-order chi connectivity index (χ0) is 14.6. The second-order valence-corrected chi connectivity index (χ2v) is 6.64. The maximum atomic E-state index is 4.55. The first-order valence-corrected chi connectivity index (χ1v) is 8.02. The van der Waals surface area contributed by atoms with Crippen LogP contribution >= 0.6 is 0 Å².